The highest BCUT2D eigenvalue weighted by molar-refractivity contribution is 5.53. The lowest BCUT2D eigenvalue weighted by Gasteiger charge is -2.07. The van der Waals surface area contributed by atoms with Crippen molar-refractivity contribution >= 4 is 11.4 Å². The zero-order chi connectivity index (χ0) is 12.8. The Labute approximate surface area is 106 Å². The van der Waals surface area contributed by atoms with Gasteiger partial charge in [0.25, 0.3) is 0 Å². The quantitative estimate of drug-likeness (QED) is 0.859. The predicted octanol–water partition coefficient (Wildman–Crippen LogP) is 2.61. The van der Waals surface area contributed by atoms with Gasteiger partial charge in [-0.15, -0.1) is 0 Å². The monoisotopic (exact) mass is 238 g/mol. The van der Waals surface area contributed by atoms with Crippen LogP contribution in [0.2, 0.25) is 0 Å². The molecule has 2 aromatic rings. The molecule has 2 rings (SSSR count). The van der Waals surface area contributed by atoms with Gasteiger partial charge in [0, 0.05) is 13.6 Å². The first-order valence-electron chi connectivity index (χ1n) is 5.67. The Morgan fingerprint density at radius 2 is 1.89 bits per heavy atom. The van der Waals surface area contributed by atoms with Crippen LogP contribution in [0.5, 0.6) is 0 Å². The van der Waals surface area contributed by atoms with Crippen LogP contribution in [0.1, 0.15) is 11.1 Å². The molecule has 1 aromatic heterocycles. The summed E-state index contributed by atoms with van der Waals surface area (Å²) in [4.78, 5) is 4.13. The van der Waals surface area contributed by atoms with Crippen LogP contribution in [-0.2, 0) is 6.54 Å². The van der Waals surface area contributed by atoms with E-state index in [1.54, 1.807) is 12.4 Å². The molecule has 18 heavy (non-hydrogen) atoms. The first-order valence-corrected chi connectivity index (χ1v) is 5.67. The summed E-state index contributed by atoms with van der Waals surface area (Å²) in [6.07, 6.45) is 3.55. The van der Waals surface area contributed by atoms with E-state index in [1.165, 1.54) is 0 Å². The third-order valence-electron chi connectivity index (χ3n) is 2.61. The number of rotatable bonds is 4. The van der Waals surface area contributed by atoms with Crippen LogP contribution in [-0.4, -0.2) is 12.0 Å². The molecule has 0 aliphatic carbocycles. The highest BCUT2D eigenvalue weighted by atomic mass is 14.9. The average Bonchev–Trinajstić information content (AvgIpc) is 2.46. The number of aromatic nitrogens is 1. The van der Waals surface area contributed by atoms with Crippen molar-refractivity contribution < 1.29 is 0 Å². The summed E-state index contributed by atoms with van der Waals surface area (Å²) in [5, 5.41) is 15.0. The topological polar surface area (TPSA) is 60.7 Å². The molecule has 0 aliphatic heterocycles. The van der Waals surface area contributed by atoms with Gasteiger partial charge in [-0.1, -0.05) is 12.1 Å². The first kappa shape index (κ1) is 11.9. The number of benzene rings is 1. The molecule has 0 atom stereocenters. The van der Waals surface area contributed by atoms with Crippen LogP contribution >= 0.6 is 0 Å². The van der Waals surface area contributed by atoms with E-state index in [9.17, 15) is 0 Å². The minimum absolute atomic E-state index is 0.678. The van der Waals surface area contributed by atoms with E-state index in [2.05, 4.69) is 21.7 Å². The van der Waals surface area contributed by atoms with E-state index >= 15 is 0 Å². The van der Waals surface area contributed by atoms with Crippen LogP contribution in [0.15, 0.2) is 42.7 Å². The molecule has 0 amide bonds. The summed E-state index contributed by atoms with van der Waals surface area (Å²) in [5.74, 6) is 0. The molecule has 2 N–H and O–H groups in total. The Bertz CT molecular complexity index is 555. The highest BCUT2D eigenvalue weighted by Crippen LogP contribution is 2.13. The molecule has 0 spiro atoms. The minimum atomic E-state index is 0.678. The van der Waals surface area contributed by atoms with E-state index in [0.717, 1.165) is 16.9 Å². The van der Waals surface area contributed by atoms with Crippen molar-refractivity contribution in [2.45, 2.75) is 6.54 Å². The van der Waals surface area contributed by atoms with Gasteiger partial charge in [0.05, 0.1) is 35.4 Å². The average molecular weight is 238 g/mol. The van der Waals surface area contributed by atoms with E-state index < -0.39 is 0 Å². The summed E-state index contributed by atoms with van der Waals surface area (Å²) in [6, 6.07) is 11.6. The minimum Gasteiger partial charge on any atom is -0.387 e. The van der Waals surface area contributed by atoms with Gasteiger partial charge >= 0.3 is 0 Å². The molecule has 1 heterocycles. The maximum Gasteiger partial charge on any atom is 0.0991 e. The first-order chi connectivity index (χ1) is 8.81. The smallest absolute Gasteiger partial charge is 0.0991 e. The van der Waals surface area contributed by atoms with Crippen molar-refractivity contribution in [2.24, 2.45) is 0 Å². The van der Waals surface area contributed by atoms with Gasteiger partial charge < -0.3 is 10.6 Å². The number of pyridine rings is 1. The van der Waals surface area contributed by atoms with Crippen molar-refractivity contribution in [1.82, 2.24) is 4.98 Å². The SMILES string of the molecule is CNc1cncc(NCc2ccc(C#N)cc2)c1. The predicted molar refractivity (Wildman–Crippen MR) is 72.3 cm³/mol. The number of hydrogen-bond donors (Lipinski definition) is 2. The van der Waals surface area contributed by atoms with Crippen molar-refractivity contribution in [3.8, 4) is 6.07 Å². The number of nitrogens with zero attached hydrogens (tertiary/aromatic N) is 2. The number of nitriles is 1. The Hall–Kier alpha value is -2.54. The van der Waals surface area contributed by atoms with Gasteiger partial charge in [0.15, 0.2) is 0 Å². The molecule has 1 aromatic carbocycles. The molecule has 0 fully saturated rings. The molecular formula is C14H14N4. The van der Waals surface area contributed by atoms with E-state index in [-0.39, 0.29) is 0 Å². The fraction of sp³-hybridized carbons (Fsp3) is 0.143. The lowest BCUT2D eigenvalue weighted by molar-refractivity contribution is 1.14. The Morgan fingerprint density at radius 3 is 2.56 bits per heavy atom. The van der Waals surface area contributed by atoms with Gasteiger partial charge in [-0.25, -0.2) is 0 Å². The molecule has 0 radical (unpaired) electrons. The lowest BCUT2D eigenvalue weighted by atomic mass is 10.1. The van der Waals surface area contributed by atoms with Gasteiger partial charge in [-0.05, 0) is 23.8 Å². The van der Waals surface area contributed by atoms with Crippen molar-refractivity contribution in [3.63, 3.8) is 0 Å². The van der Waals surface area contributed by atoms with Crippen molar-refractivity contribution in [1.29, 1.82) is 5.26 Å². The Morgan fingerprint density at radius 1 is 1.17 bits per heavy atom. The Kier molecular flexibility index (Phi) is 3.77. The van der Waals surface area contributed by atoms with E-state index in [1.807, 2.05) is 37.4 Å². The lowest BCUT2D eigenvalue weighted by Crippen LogP contribution is -2.00. The fourth-order valence-corrected chi connectivity index (χ4v) is 1.57. The van der Waals surface area contributed by atoms with Crippen LogP contribution in [0.25, 0.3) is 0 Å². The van der Waals surface area contributed by atoms with Gasteiger partial charge in [-0.2, -0.15) is 5.26 Å². The maximum atomic E-state index is 8.71. The molecule has 0 saturated heterocycles. The third-order valence-corrected chi connectivity index (χ3v) is 2.61. The summed E-state index contributed by atoms with van der Waals surface area (Å²) < 4.78 is 0. The Balaban J connectivity index is 2.00. The second-order valence-electron chi connectivity index (χ2n) is 3.87. The molecule has 0 aliphatic rings. The molecule has 0 unspecified atom stereocenters. The largest absolute Gasteiger partial charge is 0.387 e. The molecule has 0 bridgehead atoms. The number of anilines is 2. The summed E-state index contributed by atoms with van der Waals surface area (Å²) >= 11 is 0. The van der Waals surface area contributed by atoms with Crippen molar-refractivity contribution in [3.05, 3.63) is 53.9 Å². The van der Waals surface area contributed by atoms with Crippen LogP contribution in [0, 0.1) is 11.3 Å². The molecule has 4 nitrogen and oxygen atoms in total. The fourth-order valence-electron chi connectivity index (χ4n) is 1.57. The number of hydrogen-bond acceptors (Lipinski definition) is 4. The summed E-state index contributed by atoms with van der Waals surface area (Å²) in [6.45, 7) is 0.709. The normalized spacial score (nSPS) is 9.56. The highest BCUT2D eigenvalue weighted by Gasteiger charge is 1.97. The van der Waals surface area contributed by atoms with Crippen LogP contribution < -0.4 is 10.6 Å². The summed E-state index contributed by atoms with van der Waals surface area (Å²) in [5.41, 5.74) is 3.74. The second-order valence-corrected chi connectivity index (χ2v) is 3.87. The van der Waals surface area contributed by atoms with Crippen LogP contribution in [0.4, 0.5) is 11.4 Å². The number of nitrogens with one attached hydrogen (secondary N) is 2. The molecule has 4 heteroatoms. The van der Waals surface area contributed by atoms with Crippen molar-refractivity contribution in [2.75, 3.05) is 17.7 Å². The van der Waals surface area contributed by atoms with Gasteiger partial charge in [0.1, 0.15) is 0 Å². The van der Waals surface area contributed by atoms with E-state index in [0.29, 0.717) is 12.1 Å². The summed E-state index contributed by atoms with van der Waals surface area (Å²) in [7, 11) is 1.86. The standard InChI is InChI=1S/C14H14N4/c1-16-13-6-14(10-17-9-13)18-8-12-4-2-11(7-15)3-5-12/h2-6,9-10,16,18H,8H2,1H3. The van der Waals surface area contributed by atoms with E-state index in [4.69, 9.17) is 5.26 Å². The van der Waals surface area contributed by atoms with Gasteiger partial charge in [-0.3, -0.25) is 4.98 Å². The second kappa shape index (κ2) is 5.69. The third kappa shape index (κ3) is 2.98. The van der Waals surface area contributed by atoms with Gasteiger partial charge in [0.2, 0.25) is 0 Å². The molecular weight excluding hydrogens is 224 g/mol. The zero-order valence-electron chi connectivity index (χ0n) is 10.1. The van der Waals surface area contributed by atoms with Crippen LogP contribution in [0.3, 0.4) is 0 Å². The maximum absolute atomic E-state index is 8.71. The zero-order valence-corrected chi connectivity index (χ0v) is 10.1. The molecule has 0 saturated carbocycles. The molecule has 90 valence electrons.